The first-order valence-corrected chi connectivity index (χ1v) is 6.50. The summed E-state index contributed by atoms with van der Waals surface area (Å²) in [5, 5.41) is 4.59. The molecule has 4 nitrogen and oxygen atoms in total. The van der Waals surface area contributed by atoms with Crippen molar-refractivity contribution in [2.45, 2.75) is 24.9 Å². The zero-order chi connectivity index (χ0) is 13.6. The molecule has 0 bridgehead atoms. The molecule has 1 aromatic heterocycles. The Hall–Kier alpha value is -1.33. The maximum Gasteiger partial charge on any atom is 0.232 e. The molecular formula is C12H10Cl2FN3O. The molecule has 0 saturated heterocycles. The standard InChI is InChI=1S/C12H10Cl2FN3O/c13-7-1-5(2-8(14)11(7)16)3-10-17-12(19-18-10)6-4-9(6)15/h1-2,6,9H,3-4,16H2/t6-,9+/m1/s1. The van der Waals surface area contributed by atoms with Crippen molar-refractivity contribution in [3.05, 3.63) is 39.5 Å². The molecule has 7 heteroatoms. The van der Waals surface area contributed by atoms with Gasteiger partial charge in [0.2, 0.25) is 5.89 Å². The molecule has 0 unspecified atom stereocenters. The van der Waals surface area contributed by atoms with Gasteiger partial charge in [-0.3, -0.25) is 0 Å². The van der Waals surface area contributed by atoms with Crippen LogP contribution in [0.5, 0.6) is 0 Å². The smallest absolute Gasteiger partial charge is 0.232 e. The molecule has 0 radical (unpaired) electrons. The van der Waals surface area contributed by atoms with Gasteiger partial charge in [0.1, 0.15) is 6.17 Å². The van der Waals surface area contributed by atoms with Crippen LogP contribution in [0.3, 0.4) is 0 Å². The average molecular weight is 302 g/mol. The van der Waals surface area contributed by atoms with E-state index in [-0.39, 0.29) is 5.92 Å². The molecule has 1 aromatic carbocycles. The van der Waals surface area contributed by atoms with E-state index in [0.29, 0.717) is 40.3 Å². The number of hydrogen-bond acceptors (Lipinski definition) is 4. The fraction of sp³-hybridized carbons (Fsp3) is 0.333. The third-order valence-corrected chi connectivity index (χ3v) is 3.64. The molecule has 1 aliphatic carbocycles. The van der Waals surface area contributed by atoms with E-state index in [1.807, 2.05) is 0 Å². The van der Waals surface area contributed by atoms with E-state index in [4.69, 9.17) is 33.5 Å². The highest BCUT2D eigenvalue weighted by Gasteiger charge is 2.43. The molecular weight excluding hydrogens is 292 g/mol. The minimum atomic E-state index is -0.853. The lowest BCUT2D eigenvalue weighted by atomic mass is 10.1. The summed E-state index contributed by atoms with van der Waals surface area (Å²) >= 11 is 11.9. The van der Waals surface area contributed by atoms with Crippen molar-refractivity contribution in [2.24, 2.45) is 0 Å². The predicted octanol–water partition coefficient (Wildman–Crippen LogP) is 3.37. The first kappa shape index (κ1) is 12.7. The number of rotatable bonds is 3. The van der Waals surface area contributed by atoms with Crippen LogP contribution in [0.1, 0.15) is 29.6 Å². The van der Waals surface area contributed by atoms with Crippen LogP contribution in [-0.4, -0.2) is 16.3 Å². The van der Waals surface area contributed by atoms with Gasteiger partial charge in [-0.1, -0.05) is 28.4 Å². The highest BCUT2D eigenvalue weighted by atomic mass is 35.5. The fourth-order valence-electron chi connectivity index (χ4n) is 1.83. The molecule has 0 spiro atoms. The number of aromatic nitrogens is 2. The van der Waals surface area contributed by atoms with Crippen LogP contribution < -0.4 is 5.73 Å². The van der Waals surface area contributed by atoms with Crippen LogP contribution in [-0.2, 0) is 6.42 Å². The Morgan fingerprint density at radius 2 is 2.00 bits per heavy atom. The van der Waals surface area contributed by atoms with Gasteiger partial charge in [-0.25, -0.2) is 4.39 Å². The van der Waals surface area contributed by atoms with Crippen LogP contribution in [0.25, 0.3) is 0 Å². The minimum absolute atomic E-state index is 0.236. The molecule has 1 heterocycles. The zero-order valence-corrected chi connectivity index (χ0v) is 11.2. The van der Waals surface area contributed by atoms with Crippen LogP contribution in [0.2, 0.25) is 10.0 Å². The normalized spacial score (nSPS) is 21.6. The molecule has 19 heavy (non-hydrogen) atoms. The highest BCUT2D eigenvalue weighted by molar-refractivity contribution is 6.38. The Bertz CT molecular complexity index is 608. The molecule has 1 aliphatic rings. The second-order valence-electron chi connectivity index (χ2n) is 4.56. The van der Waals surface area contributed by atoms with E-state index in [9.17, 15) is 4.39 Å². The van der Waals surface area contributed by atoms with E-state index in [0.717, 1.165) is 5.56 Å². The maximum absolute atomic E-state index is 12.9. The lowest BCUT2D eigenvalue weighted by Crippen LogP contribution is -1.95. The minimum Gasteiger partial charge on any atom is -0.396 e. The Kier molecular flexibility index (Phi) is 3.11. The number of nitrogens with two attached hydrogens (primary N) is 1. The third kappa shape index (κ3) is 2.53. The highest BCUT2D eigenvalue weighted by Crippen LogP contribution is 2.42. The Morgan fingerprint density at radius 1 is 1.37 bits per heavy atom. The molecule has 2 N–H and O–H groups in total. The van der Waals surface area contributed by atoms with Crippen LogP contribution in [0.4, 0.5) is 10.1 Å². The Balaban J connectivity index is 1.79. The fourth-order valence-corrected chi connectivity index (χ4v) is 2.36. The van der Waals surface area contributed by atoms with Crippen molar-refractivity contribution >= 4 is 28.9 Å². The van der Waals surface area contributed by atoms with E-state index in [2.05, 4.69) is 10.1 Å². The Morgan fingerprint density at radius 3 is 2.58 bits per heavy atom. The second kappa shape index (κ2) is 4.65. The summed E-state index contributed by atoms with van der Waals surface area (Å²) in [7, 11) is 0. The van der Waals surface area contributed by atoms with Crippen molar-refractivity contribution < 1.29 is 8.91 Å². The number of nitrogens with zero attached hydrogens (tertiary/aromatic N) is 2. The van der Waals surface area contributed by atoms with Gasteiger partial charge < -0.3 is 10.3 Å². The molecule has 2 atom stereocenters. The topological polar surface area (TPSA) is 64.9 Å². The first-order chi connectivity index (χ1) is 9.04. The zero-order valence-electron chi connectivity index (χ0n) is 9.74. The second-order valence-corrected chi connectivity index (χ2v) is 5.37. The van der Waals surface area contributed by atoms with Gasteiger partial charge in [0.15, 0.2) is 5.82 Å². The molecule has 3 rings (SSSR count). The van der Waals surface area contributed by atoms with Crippen molar-refractivity contribution in [3.8, 4) is 0 Å². The number of nitrogen functional groups attached to an aromatic ring is 1. The lowest BCUT2D eigenvalue weighted by Gasteiger charge is -2.04. The van der Waals surface area contributed by atoms with Crippen molar-refractivity contribution in [1.82, 2.24) is 10.1 Å². The number of anilines is 1. The van der Waals surface area contributed by atoms with Gasteiger partial charge in [0.25, 0.3) is 0 Å². The molecule has 0 aliphatic heterocycles. The van der Waals surface area contributed by atoms with Crippen molar-refractivity contribution in [3.63, 3.8) is 0 Å². The SMILES string of the molecule is Nc1c(Cl)cc(Cc2noc([C@@H]3C[C@@H]3F)n2)cc1Cl. The van der Waals surface area contributed by atoms with E-state index in [1.165, 1.54) is 0 Å². The first-order valence-electron chi connectivity index (χ1n) is 5.74. The summed E-state index contributed by atoms with van der Waals surface area (Å²) in [4.78, 5) is 4.16. The number of benzene rings is 1. The number of hydrogen-bond donors (Lipinski definition) is 1. The van der Waals surface area contributed by atoms with Gasteiger partial charge in [-0.05, 0) is 24.1 Å². The molecule has 1 fully saturated rings. The van der Waals surface area contributed by atoms with Gasteiger partial charge in [0, 0.05) is 6.42 Å². The number of alkyl halides is 1. The lowest BCUT2D eigenvalue weighted by molar-refractivity contribution is 0.359. The molecule has 1 saturated carbocycles. The van der Waals surface area contributed by atoms with Crippen molar-refractivity contribution in [1.29, 1.82) is 0 Å². The largest absolute Gasteiger partial charge is 0.396 e. The predicted molar refractivity (Wildman–Crippen MR) is 70.2 cm³/mol. The maximum atomic E-state index is 12.9. The summed E-state index contributed by atoms with van der Waals surface area (Å²) in [6.07, 6.45) is 0.0161. The van der Waals surface area contributed by atoms with Crippen LogP contribution >= 0.6 is 23.2 Å². The molecule has 2 aromatic rings. The quantitative estimate of drug-likeness (QED) is 0.883. The van der Waals surface area contributed by atoms with E-state index >= 15 is 0 Å². The van der Waals surface area contributed by atoms with Crippen molar-refractivity contribution in [2.75, 3.05) is 5.73 Å². The van der Waals surface area contributed by atoms with Gasteiger partial charge in [0.05, 0.1) is 21.7 Å². The monoisotopic (exact) mass is 301 g/mol. The molecule has 100 valence electrons. The number of halogens is 3. The van der Waals surface area contributed by atoms with E-state index < -0.39 is 6.17 Å². The summed E-state index contributed by atoms with van der Waals surface area (Å²) in [6.45, 7) is 0. The average Bonchev–Trinajstić information content (AvgIpc) is 2.90. The van der Waals surface area contributed by atoms with Gasteiger partial charge in [-0.2, -0.15) is 4.98 Å². The molecule has 0 amide bonds. The Labute approximate surface area is 118 Å². The third-order valence-electron chi connectivity index (χ3n) is 3.01. The summed E-state index contributed by atoms with van der Waals surface area (Å²) < 4.78 is 17.9. The van der Waals surface area contributed by atoms with Crippen LogP contribution in [0, 0.1) is 0 Å². The summed E-state index contributed by atoms with van der Waals surface area (Å²) in [6, 6.07) is 3.40. The summed E-state index contributed by atoms with van der Waals surface area (Å²) in [5.41, 5.74) is 6.83. The summed E-state index contributed by atoms with van der Waals surface area (Å²) in [5.74, 6) is 0.598. The van der Waals surface area contributed by atoms with E-state index in [1.54, 1.807) is 12.1 Å². The van der Waals surface area contributed by atoms with Gasteiger partial charge >= 0.3 is 0 Å². The van der Waals surface area contributed by atoms with Gasteiger partial charge in [-0.15, -0.1) is 0 Å². The van der Waals surface area contributed by atoms with Crippen LogP contribution in [0.15, 0.2) is 16.7 Å².